The van der Waals surface area contributed by atoms with Gasteiger partial charge < -0.3 is 8.43 Å². The molecule has 0 spiro atoms. The van der Waals surface area contributed by atoms with Crippen molar-refractivity contribution in [3.8, 4) is 0 Å². The van der Waals surface area contributed by atoms with Gasteiger partial charge in [0, 0.05) is 55.1 Å². The number of fused-ring (bicyclic) bond motifs is 1. The van der Waals surface area contributed by atoms with Gasteiger partial charge in [0.2, 0.25) is 0 Å². The van der Waals surface area contributed by atoms with Crippen LogP contribution in [0.5, 0.6) is 0 Å². The van der Waals surface area contributed by atoms with E-state index < -0.39 is 0 Å². The summed E-state index contributed by atoms with van der Waals surface area (Å²) in [4.78, 5) is 4.47. The Morgan fingerprint density at radius 1 is 1.21 bits per heavy atom. The number of pyridine rings is 1. The first-order valence-corrected chi connectivity index (χ1v) is 10.2. The summed E-state index contributed by atoms with van der Waals surface area (Å²) in [7, 11) is 2.20. The number of allylic oxidation sites excluding steroid dienone is 1. The van der Waals surface area contributed by atoms with Crippen LogP contribution in [0.15, 0.2) is 48.8 Å². The van der Waals surface area contributed by atoms with Crippen molar-refractivity contribution in [2.75, 3.05) is 15.5 Å². The average Bonchev–Trinajstić information content (AvgIpc) is 2.54. The number of benzene rings is 1. The molecule has 126 valence electrons. The molecule has 0 bridgehead atoms. The van der Waals surface area contributed by atoms with E-state index in [-0.39, 0.29) is 26.4 Å². The fourth-order valence-electron chi connectivity index (χ4n) is 2.98. The summed E-state index contributed by atoms with van der Waals surface area (Å²) in [5, 5.41) is 3.35. The van der Waals surface area contributed by atoms with E-state index in [0.29, 0.717) is 0 Å². The lowest BCUT2D eigenvalue weighted by Crippen LogP contribution is -2.32. The number of anilines is 2. The van der Waals surface area contributed by atoms with Crippen LogP contribution >= 0.6 is 21.0 Å². The zero-order chi connectivity index (χ0) is 17.3. The molecule has 24 heavy (non-hydrogen) atoms. The Morgan fingerprint density at radius 2 is 1.96 bits per heavy atom. The molecule has 0 radical (unpaired) electrons. The first-order valence-electron chi connectivity index (χ1n) is 8.11. The Hall–Kier alpha value is -1.69. The van der Waals surface area contributed by atoms with Gasteiger partial charge in [0.15, 0.2) is 0 Å². The van der Waals surface area contributed by atoms with E-state index in [4.69, 9.17) is 0 Å². The molecule has 3 rings (SSSR count). The summed E-state index contributed by atoms with van der Waals surface area (Å²) < 4.78 is 3.92. The molecule has 3 nitrogen and oxygen atoms in total. The van der Waals surface area contributed by atoms with Gasteiger partial charge in [-0.15, -0.1) is 0 Å². The molecular formula is C20H24IN3. The number of hydrogen-bond acceptors (Lipinski definition) is 3. The standard InChI is InChI=1S/C20H24IN3/c1-14-12-15(2)19(23-13-14)22-11-10-18-20(3,4)16-8-6-7-9-17(16)24(5)21-18/h6-13H,1-5H3,(H,22,23). The van der Waals surface area contributed by atoms with Crippen LogP contribution in [0, 0.1) is 13.8 Å². The number of para-hydroxylation sites is 1. The van der Waals surface area contributed by atoms with Crippen LogP contribution in [0.1, 0.15) is 30.5 Å². The third-order valence-corrected chi connectivity index (χ3v) is 7.86. The van der Waals surface area contributed by atoms with E-state index in [0.717, 1.165) is 5.82 Å². The minimum Gasteiger partial charge on any atom is -0.346 e. The number of rotatable bonds is 3. The molecule has 0 amide bonds. The largest absolute Gasteiger partial charge is 0.346 e. The molecule has 1 N–H and O–H groups in total. The van der Waals surface area contributed by atoms with Crippen LogP contribution in [-0.2, 0) is 5.41 Å². The SMILES string of the molecule is Cc1cnc(NC=CC2=IN(C)c3ccccc3C2(C)C)c(C)c1. The second-order valence-corrected chi connectivity index (χ2v) is 9.80. The van der Waals surface area contributed by atoms with E-state index in [2.05, 4.69) is 84.6 Å². The summed E-state index contributed by atoms with van der Waals surface area (Å²) in [5.41, 5.74) is 5.21. The van der Waals surface area contributed by atoms with Gasteiger partial charge in [-0.2, -0.15) is 0 Å². The molecule has 1 aliphatic heterocycles. The van der Waals surface area contributed by atoms with Crippen LogP contribution in [0.2, 0.25) is 0 Å². The molecule has 0 unspecified atom stereocenters. The highest BCUT2D eigenvalue weighted by molar-refractivity contribution is 14.2. The molecule has 0 atom stereocenters. The maximum absolute atomic E-state index is 4.47. The highest BCUT2D eigenvalue weighted by atomic mass is 127. The Bertz CT molecular complexity index is 821. The molecule has 2 heterocycles. The van der Waals surface area contributed by atoms with E-state index >= 15 is 0 Å². The van der Waals surface area contributed by atoms with E-state index in [1.54, 1.807) is 0 Å². The van der Waals surface area contributed by atoms with Crippen LogP contribution in [0.4, 0.5) is 11.5 Å². The topological polar surface area (TPSA) is 28.2 Å². The van der Waals surface area contributed by atoms with Crippen molar-refractivity contribution in [1.82, 2.24) is 4.98 Å². The van der Waals surface area contributed by atoms with Crippen LogP contribution in [-0.4, -0.2) is 15.5 Å². The zero-order valence-electron chi connectivity index (χ0n) is 14.9. The maximum atomic E-state index is 4.47. The molecule has 1 aromatic heterocycles. The first-order chi connectivity index (χ1) is 11.4. The van der Waals surface area contributed by atoms with E-state index in [9.17, 15) is 0 Å². The summed E-state index contributed by atoms with van der Waals surface area (Å²) in [6.07, 6.45) is 6.20. The summed E-state index contributed by atoms with van der Waals surface area (Å²) in [6, 6.07) is 10.9. The fourth-order valence-corrected chi connectivity index (χ4v) is 5.68. The zero-order valence-corrected chi connectivity index (χ0v) is 17.0. The fraction of sp³-hybridized carbons (Fsp3) is 0.300. The first kappa shape index (κ1) is 17.1. The highest BCUT2D eigenvalue weighted by Crippen LogP contribution is 2.42. The number of nitrogens with one attached hydrogen (secondary N) is 1. The van der Waals surface area contributed by atoms with Crippen molar-refractivity contribution in [1.29, 1.82) is 0 Å². The van der Waals surface area contributed by atoms with Crippen molar-refractivity contribution in [3.05, 3.63) is 65.5 Å². The lowest BCUT2D eigenvalue weighted by molar-refractivity contribution is 0.732. The Morgan fingerprint density at radius 3 is 2.71 bits per heavy atom. The second-order valence-electron chi connectivity index (χ2n) is 6.71. The van der Waals surface area contributed by atoms with E-state index in [1.165, 1.54) is 25.9 Å². The number of nitrogens with zero attached hydrogens (tertiary/aromatic N) is 2. The molecular weight excluding hydrogens is 409 g/mol. The minimum atomic E-state index is -0.186. The van der Waals surface area contributed by atoms with Gasteiger partial charge in [-0.05, 0) is 42.7 Å². The number of hydrogen-bond donors (Lipinski definition) is 1. The Kier molecular flexibility index (Phi) is 4.76. The predicted octanol–water partition coefficient (Wildman–Crippen LogP) is 5.11. The third kappa shape index (κ3) is 3.24. The van der Waals surface area contributed by atoms with E-state index in [1.807, 2.05) is 12.4 Å². The van der Waals surface area contributed by atoms with Gasteiger partial charge in [0.05, 0.1) is 0 Å². The van der Waals surface area contributed by atoms with Crippen molar-refractivity contribution in [2.24, 2.45) is 0 Å². The smallest absolute Gasteiger partial charge is 0.132 e. The molecule has 0 aliphatic carbocycles. The number of halogens is 1. The van der Waals surface area contributed by atoms with Gasteiger partial charge in [-0.25, -0.2) is 4.98 Å². The van der Waals surface area contributed by atoms with Crippen LogP contribution < -0.4 is 8.43 Å². The molecule has 0 saturated carbocycles. The molecule has 0 saturated heterocycles. The minimum absolute atomic E-state index is 0.0737. The summed E-state index contributed by atoms with van der Waals surface area (Å²) in [6.45, 7) is 8.81. The lowest BCUT2D eigenvalue weighted by atomic mass is 9.80. The van der Waals surface area contributed by atoms with Gasteiger partial charge in [-0.3, -0.25) is 0 Å². The molecule has 1 aliphatic rings. The Balaban J connectivity index is 1.85. The summed E-state index contributed by atoms with van der Waals surface area (Å²) in [5.74, 6) is 0.929. The Labute approximate surface area is 154 Å². The predicted molar refractivity (Wildman–Crippen MR) is 113 cm³/mol. The van der Waals surface area contributed by atoms with Crippen molar-refractivity contribution in [2.45, 2.75) is 33.1 Å². The van der Waals surface area contributed by atoms with Gasteiger partial charge in [0.1, 0.15) is 5.82 Å². The van der Waals surface area contributed by atoms with Gasteiger partial charge in [-0.1, -0.05) is 38.1 Å². The third-order valence-electron chi connectivity index (χ3n) is 4.39. The molecule has 4 heteroatoms. The second kappa shape index (κ2) is 6.67. The van der Waals surface area contributed by atoms with Crippen LogP contribution in [0.3, 0.4) is 0 Å². The normalized spacial score (nSPS) is 16.4. The molecule has 2 aromatic rings. The van der Waals surface area contributed by atoms with Crippen molar-refractivity contribution in [3.63, 3.8) is 0 Å². The monoisotopic (exact) mass is 433 g/mol. The number of aromatic nitrogens is 1. The number of aryl methyl sites for hydroxylation is 2. The van der Waals surface area contributed by atoms with Crippen molar-refractivity contribution < 1.29 is 0 Å². The van der Waals surface area contributed by atoms with Gasteiger partial charge >= 0.3 is 0 Å². The highest BCUT2D eigenvalue weighted by Gasteiger charge is 2.32. The van der Waals surface area contributed by atoms with Gasteiger partial charge in [0.25, 0.3) is 0 Å². The van der Waals surface area contributed by atoms with Crippen LogP contribution in [0.25, 0.3) is 0 Å². The quantitative estimate of drug-likeness (QED) is 0.539. The molecule has 1 aromatic carbocycles. The maximum Gasteiger partial charge on any atom is 0.132 e. The lowest BCUT2D eigenvalue weighted by Gasteiger charge is -2.36. The average molecular weight is 433 g/mol. The molecule has 0 fully saturated rings. The summed E-state index contributed by atoms with van der Waals surface area (Å²) >= 11 is -0.186. The van der Waals surface area contributed by atoms with Crippen molar-refractivity contribution >= 4 is 36.0 Å².